The number of pyridine rings is 1. The molecule has 188 valence electrons. The van der Waals surface area contributed by atoms with E-state index in [-0.39, 0.29) is 17.5 Å². The summed E-state index contributed by atoms with van der Waals surface area (Å²) in [5.74, 6) is 0.246. The third kappa shape index (κ3) is 4.47. The van der Waals surface area contributed by atoms with Gasteiger partial charge in [0.05, 0.1) is 23.3 Å². The highest BCUT2D eigenvalue weighted by molar-refractivity contribution is 5.86. The smallest absolute Gasteiger partial charge is 0.326 e. The van der Waals surface area contributed by atoms with E-state index in [2.05, 4.69) is 44.0 Å². The van der Waals surface area contributed by atoms with Gasteiger partial charge in [-0.1, -0.05) is 66.7 Å². The molecule has 7 nitrogen and oxygen atoms in total. The van der Waals surface area contributed by atoms with Crippen molar-refractivity contribution < 1.29 is 0 Å². The largest absolute Gasteiger partial charge is 0.392 e. The van der Waals surface area contributed by atoms with Gasteiger partial charge in [0.1, 0.15) is 5.82 Å². The van der Waals surface area contributed by atoms with E-state index in [9.17, 15) is 4.79 Å². The summed E-state index contributed by atoms with van der Waals surface area (Å²) in [5.41, 5.74) is 13.2. The summed E-state index contributed by atoms with van der Waals surface area (Å²) in [6.07, 6.45) is 1.88. The van der Waals surface area contributed by atoms with E-state index in [1.54, 1.807) is 0 Å². The van der Waals surface area contributed by atoms with Crippen molar-refractivity contribution in [2.75, 3.05) is 18.8 Å². The van der Waals surface area contributed by atoms with Gasteiger partial charge in [-0.05, 0) is 47.7 Å². The Bertz CT molecular complexity index is 1690. The summed E-state index contributed by atoms with van der Waals surface area (Å²) < 4.78 is 1.93. The Morgan fingerprint density at radius 1 is 0.947 bits per heavy atom. The molecule has 0 aliphatic carbocycles. The van der Waals surface area contributed by atoms with Crippen LogP contribution in [0.15, 0.2) is 89.7 Å². The first-order valence-electron chi connectivity index (χ1n) is 12.8. The fourth-order valence-electron chi connectivity index (χ4n) is 5.46. The van der Waals surface area contributed by atoms with E-state index in [0.29, 0.717) is 5.69 Å². The van der Waals surface area contributed by atoms with Crippen LogP contribution in [-0.4, -0.2) is 32.5 Å². The number of para-hydroxylation sites is 2. The Balaban J connectivity index is 1.18. The van der Waals surface area contributed by atoms with Gasteiger partial charge in [0.2, 0.25) is 5.69 Å². The number of imidazole rings is 1. The van der Waals surface area contributed by atoms with Crippen molar-refractivity contribution in [3.8, 4) is 22.4 Å². The van der Waals surface area contributed by atoms with Crippen LogP contribution in [0.4, 0.5) is 11.5 Å². The van der Waals surface area contributed by atoms with Crippen molar-refractivity contribution >= 4 is 22.5 Å². The van der Waals surface area contributed by atoms with Crippen LogP contribution in [0.3, 0.4) is 0 Å². The lowest BCUT2D eigenvalue weighted by atomic mass is 9.97. The highest BCUT2D eigenvalue weighted by Crippen LogP contribution is 2.36. The van der Waals surface area contributed by atoms with Gasteiger partial charge in [-0.25, -0.2) is 14.6 Å². The van der Waals surface area contributed by atoms with Crippen LogP contribution < -0.4 is 11.4 Å². The second-order valence-corrected chi connectivity index (χ2v) is 9.79. The molecule has 0 atom stereocenters. The zero-order chi connectivity index (χ0) is 26.1. The quantitative estimate of drug-likeness (QED) is 0.289. The molecule has 6 rings (SSSR count). The molecule has 0 saturated carbocycles. The number of rotatable bonds is 5. The normalized spacial score (nSPS) is 14.5. The molecule has 0 radical (unpaired) electrons. The lowest BCUT2D eigenvalue weighted by Crippen LogP contribution is -2.36. The molecule has 1 saturated heterocycles. The summed E-state index contributed by atoms with van der Waals surface area (Å²) in [7, 11) is 0. The van der Waals surface area contributed by atoms with E-state index in [4.69, 9.17) is 12.3 Å². The second-order valence-electron chi connectivity index (χ2n) is 9.79. The average molecular weight is 501 g/mol. The Labute approximate surface area is 221 Å². The van der Waals surface area contributed by atoms with Gasteiger partial charge in [-0.3, -0.25) is 9.47 Å². The van der Waals surface area contributed by atoms with Crippen LogP contribution in [0.2, 0.25) is 0 Å². The second kappa shape index (κ2) is 10.0. The SMILES string of the molecule is [C-]#[N+]c1cc(-c2ccccc2)c(-c2ccc(CN3CCC(n4c(=O)[nH]c5ccccc54)CC3)cc2)nc1N. The molecular formula is C31H28N6O. The van der Waals surface area contributed by atoms with Gasteiger partial charge >= 0.3 is 5.69 Å². The van der Waals surface area contributed by atoms with Crippen LogP contribution in [0, 0.1) is 6.57 Å². The minimum atomic E-state index is -0.0196. The molecule has 38 heavy (non-hydrogen) atoms. The number of anilines is 1. The monoisotopic (exact) mass is 500 g/mol. The number of likely N-dealkylation sites (tertiary alicyclic amines) is 1. The Morgan fingerprint density at radius 3 is 2.39 bits per heavy atom. The van der Waals surface area contributed by atoms with Gasteiger partial charge in [-0.15, -0.1) is 0 Å². The number of H-pyrrole nitrogens is 1. The first kappa shape index (κ1) is 23.7. The van der Waals surface area contributed by atoms with E-state index in [1.807, 2.05) is 65.2 Å². The molecule has 3 N–H and O–H groups in total. The van der Waals surface area contributed by atoms with E-state index < -0.39 is 0 Å². The van der Waals surface area contributed by atoms with Gasteiger partial charge in [0, 0.05) is 31.2 Å². The van der Waals surface area contributed by atoms with Crippen molar-refractivity contribution in [3.63, 3.8) is 0 Å². The molecule has 0 bridgehead atoms. The van der Waals surface area contributed by atoms with Crippen LogP contribution in [0.5, 0.6) is 0 Å². The van der Waals surface area contributed by atoms with Crippen LogP contribution in [-0.2, 0) is 6.54 Å². The van der Waals surface area contributed by atoms with Crippen LogP contribution in [0.1, 0.15) is 24.4 Å². The number of fused-ring (bicyclic) bond motifs is 1. The van der Waals surface area contributed by atoms with Crippen molar-refractivity contribution in [2.24, 2.45) is 0 Å². The van der Waals surface area contributed by atoms with Crippen LogP contribution >= 0.6 is 0 Å². The predicted octanol–water partition coefficient (Wildman–Crippen LogP) is 6.03. The topological polar surface area (TPSA) is 84.3 Å². The number of nitrogens with one attached hydrogen (secondary N) is 1. The number of aromatic amines is 1. The number of aromatic nitrogens is 3. The minimum absolute atomic E-state index is 0.0196. The maximum absolute atomic E-state index is 12.6. The van der Waals surface area contributed by atoms with E-state index >= 15 is 0 Å². The summed E-state index contributed by atoms with van der Waals surface area (Å²) in [5, 5.41) is 0. The maximum atomic E-state index is 12.6. The Hall–Kier alpha value is -4.67. The number of nitrogens with two attached hydrogens (primary N) is 1. The van der Waals surface area contributed by atoms with Gasteiger partial charge in [0.15, 0.2) is 0 Å². The molecule has 0 spiro atoms. The Kier molecular flexibility index (Phi) is 6.24. The Morgan fingerprint density at radius 2 is 1.66 bits per heavy atom. The molecule has 7 heteroatoms. The van der Waals surface area contributed by atoms with Gasteiger partial charge < -0.3 is 10.7 Å². The molecule has 1 fully saturated rings. The lowest BCUT2D eigenvalue weighted by Gasteiger charge is -2.32. The summed E-state index contributed by atoms with van der Waals surface area (Å²) >= 11 is 0. The number of benzene rings is 3. The highest BCUT2D eigenvalue weighted by Gasteiger charge is 2.23. The van der Waals surface area contributed by atoms with Crippen molar-refractivity contribution in [1.29, 1.82) is 0 Å². The van der Waals surface area contributed by atoms with Crippen molar-refractivity contribution in [2.45, 2.75) is 25.4 Å². The molecule has 1 aliphatic heterocycles. The number of piperidine rings is 1. The van der Waals surface area contributed by atoms with E-state index in [1.165, 1.54) is 5.56 Å². The molecule has 3 heterocycles. The molecule has 3 aromatic carbocycles. The number of hydrogen-bond acceptors (Lipinski definition) is 4. The third-order valence-corrected chi connectivity index (χ3v) is 7.42. The summed E-state index contributed by atoms with van der Waals surface area (Å²) in [6, 6.07) is 28.4. The van der Waals surface area contributed by atoms with Crippen LogP contribution in [0.25, 0.3) is 38.3 Å². The van der Waals surface area contributed by atoms with Gasteiger partial charge in [-0.2, -0.15) is 0 Å². The zero-order valence-corrected chi connectivity index (χ0v) is 21.0. The van der Waals surface area contributed by atoms with Crippen molar-refractivity contribution in [1.82, 2.24) is 19.4 Å². The van der Waals surface area contributed by atoms with Gasteiger partial charge in [0.25, 0.3) is 0 Å². The standard InChI is InChI=1S/C31H28N6O/c1-33-27-19-25(22-7-3-2-4-8-22)29(35-30(27)32)23-13-11-21(12-14-23)20-36-17-15-24(16-18-36)37-28-10-6-5-9-26(28)34-31(37)38/h2-14,19,24H,15-18,20H2,(H2,32,35)(H,34,38). The first-order valence-corrected chi connectivity index (χ1v) is 12.8. The molecule has 0 amide bonds. The molecule has 1 aliphatic rings. The first-order chi connectivity index (χ1) is 18.6. The fourth-order valence-corrected chi connectivity index (χ4v) is 5.46. The van der Waals surface area contributed by atoms with Crippen molar-refractivity contribution in [3.05, 3.63) is 112 Å². The summed E-state index contributed by atoms with van der Waals surface area (Å²) in [4.78, 5) is 26.2. The zero-order valence-electron chi connectivity index (χ0n) is 21.0. The molecular weight excluding hydrogens is 472 g/mol. The average Bonchev–Trinajstić information content (AvgIpc) is 3.30. The summed E-state index contributed by atoms with van der Waals surface area (Å²) in [6.45, 7) is 10.2. The minimum Gasteiger partial charge on any atom is -0.392 e. The molecule has 5 aromatic rings. The fraction of sp³-hybridized carbons (Fsp3) is 0.194. The maximum Gasteiger partial charge on any atom is 0.326 e. The van der Waals surface area contributed by atoms with E-state index in [0.717, 1.165) is 65.9 Å². The molecule has 2 aromatic heterocycles. The number of hydrogen-bond donors (Lipinski definition) is 2. The number of nitrogen functional groups attached to an aromatic ring is 1. The molecule has 0 unspecified atom stereocenters. The lowest BCUT2D eigenvalue weighted by molar-refractivity contribution is 0.180. The predicted molar refractivity (Wildman–Crippen MR) is 152 cm³/mol. The number of nitrogens with zero attached hydrogens (tertiary/aromatic N) is 4. The third-order valence-electron chi connectivity index (χ3n) is 7.42. The highest BCUT2D eigenvalue weighted by atomic mass is 16.1.